The zero-order valence-corrected chi connectivity index (χ0v) is 31.9. The van der Waals surface area contributed by atoms with E-state index in [1.54, 1.807) is 0 Å². The van der Waals surface area contributed by atoms with Gasteiger partial charge in [-0.25, -0.2) is 0 Å². The van der Waals surface area contributed by atoms with Gasteiger partial charge < -0.3 is 23.9 Å². The predicted molar refractivity (Wildman–Crippen MR) is 248 cm³/mol. The lowest BCUT2D eigenvalue weighted by Crippen LogP contribution is -2.31. The summed E-state index contributed by atoms with van der Waals surface area (Å²) in [7, 11) is 9.72. The smallest absolute Gasteiger partial charge is 0.159 e. The SMILES string of the molecule is Bc1c(B)c(O)c2c(oc3c(B)c(O)c(B)c(B)c32)c1-c1ccc(N(c2ccc(-c3ccccc3)cc2)c2cccc3c2oc2c4ccccc4ccc32)cc1. The maximum atomic E-state index is 11.6. The Bertz CT molecular complexity index is 3210. The van der Waals surface area contributed by atoms with Crippen molar-refractivity contribution in [2.45, 2.75) is 0 Å². The van der Waals surface area contributed by atoms with Gasteiger partial charge in [-0.05, 0) is 63.9 Å². The van der Waals surface area contributed by atoms with Gasteiger partial charge in [-0.2, -0.15) is 0 Å². The van der Waals surface area contributed by atoms with E-state index in [0.717, 1.165) is 99.3 Å². The number of rotatable bonds is 5. The van der Waals surface area contributed by atoms with E-state index in [1.165, 1.54) is 0 Å². The van der Waals surface area contributed by atoms with Crippen LogP contribution in [-0.4, -0.2) is 49.4 Å². The molecule has 10 heteroatoms. The van der Waals surface area contributed by atoms with Gasteiger partial charge >= 0.3 is 0 Å². The first-order chi connectivity index (χ1) is 27.2. The Hall–Kier alpha value is -6.66. The van der Waals surface area contributed by atoms with Gasteiger partial charge in [0.2, 0.25) is 0 Å². The van der Waals surface area contributed by atoms with Crippen molar-refractivity contribution in [2.24, 2.45) is 0 Å². The summed E-state index contributed by atoms with van der Waals surface area (Å²) >= 11 is 0. The fourth-order valence-electron chi connectivity index (χ4n) is 8.60. The highest BCUT2D eigenvalue weighted by Gasteiger charge is 2.26. The van der Waals surface area contributed by atoms with E-state index in [4.69, 9.17) is 8.83 Å². The Morgan fingerprint density at radius 2 is 0.982 bits per heavy atom. The van der Waals surface area contributed by atoms with E-state index in [0.29, 0.717) is 22.0 Å². The third kappa shape index (κ3) is 4.95. The molecule has 0 atom stereocenters. The highest BCUT2D eigenvalue weighted by Crippen LogP contribution is 2.45. The van der Waals surface area contributed by atoms with Crippen molar-refractivity contribution < 1.29 is 19.0 Å². The first-order valence-corrected chi connectivity index (χ1v) is 19.0. The van der Waals surface area contributed by atoms with Gasteiger partial charge in [0.25, 0.3) is 0 Å². The van der Waals surface area contributed by atoms with E-state index in [-0.39, 0.29) is 11.5 Å². The predicted octanol–water partition coefficient (Wildman–Crippen LogP) is 4.15. The van der Waals surface area contributed by atoms with Crippen molar-refractivity contribution >= 4 is 138 Å². The first-order valence-electron chi connectivity index (χ1n) is 19.0. The summed E-state index contributed by atoms with van der Waals surface area (Å²) in [5.74, 6) is 0.429. The van der Waals surface area contributed by atoms with Crippen LogP contribution >= 0.6 is 0 Å². The summed E-state index contributed by atoms with van der Waals surface area (Å²) in [6, 6.07) is 46.7. The molecule has 0 spiro atoms. The molecule has 0 unspecified atom stereocenters. The second-order valence-electron chi connectivity index (χ2n) is 14.9. The molecule has 10 rings (SSSR count). The Morgan fingerprint density at radius 3 is 1.71 bits per heavy atom. The average molecular weight is 719 g/mol. The lowest BCUT2D eigenvalue weighted by Gasteiger charge is -2.26. The Labute approximate surface area is 328 Å². The van der Waals surface area contributed by atoms with Crippen molar-refractivity contribution in [3.8, 4) is 33.8 Å². The minimum absolute atomic E-state index is 0.209. The molecule has 0 aliphatic heterocycles. The third-order valence-corrected chi connectivity index (χ3v) is 11.9. The van der Waals surface area contributed by atoms with Crippen LogP contribution in [0.3, 0.4) is 0 Å². The number of para-hydroxylation sites is 1. The van der Waals surface area contributed by atoms with Crippen LogP contribution < -0.4 is 32.2 Å². The molecular formula is C46H34B5NO4. The zero-order valence-electron chi connectivity index (χ0n) is 31.9. The first kappa shape index (κ1) is 33.9. The van der Waals surface area contributed by atoms with E-state index in [1.807, 2.05) is 45.3 Å². The second-order valence-corrected chi connectivity index (χ2v) is 14.9. The maximum absolute atomic E-state index is 11.6. The number of hydrogen-bond acceptors (Lipinski definition) is 5. The van der Waals surface area contributed by atoms with Gasteiger partial charge in [0.1, 0.15) is 67.5 Å². The highest BCUT2D eigenvalue weighted by atomic mass is 16.3. The Kier molecular flexibility index (Phi) is 7.69. The van der Waals surface area contributed by atoms with Gasteiger partial charge in [-0.15, -0.1) is 0 Å². The van der Waals surface area contributed by atoms with Gasteiger partial charge in [-0.1, -0.05) is 119 Å². The molecule has 0 fully saturated rings. The number of fused-ring (bicyclic) bond motifs is 8. The summed E-state index contributed by atoms with van der Waals surface area (Å²) in [5, 5.41) is 28.4. The van der Waals surface area contributed by atoms with Crippen molar-refractivity contribution in [3.63, 3.8) is 0 Å². The van der Waals surface area contributed by atoms with E-state index < -0.39 is 0 Å². The van der Waals surface area contributed by atoms with Crippen LogP contribution in [-0.2, 0) is 0 Å². The minimum Gasteiger partial charge on any atom is -0.509 e. The molecule has 10 aromatic rings. The lowest BCUT2D eigenvalue weighted by molar-refractivity contribution is 0.484. The fraction of sp³-hybridized carbons (Fsp3) is 0. The molecule has 0 saturated carbocycles. The lowest BCUT2D eigenvalue weighted by atomic mass is 9.71. The summed E-state index contributed by atoms with van der Waals surface area (Å²) < 4.78 is 13.5. The number of phenolic OH excluding ortho intramolecular Hbond substituents is 2. The third-order valence-electron chi connectivity index (χ3n) is 11.9. The molecule has 0 bridgehead atoms. The van der Waals surface area contributed by atoms with E-state index in [9.17, 15) is 10.2 Å². The van der Waals surface area contributed by atoms with Crippen molar-refractivity contribution in [2.75, 3.05) is 4.90 Å². The van der Waals surface area contributed by atoms with E-state index in [2.05, 4.69) is 132 Å². The molecule has 0 saturated heterocycles. The molecule has 262 valence electrons. The summed E-state index contributed by atoms with van der Waals surface area (Å²) in [5.41, 5.74) is 14.0. The number of hydrogen-bond donors (Lipinski definition) is 2. The molecule has 56 heavy (non-hydrogen) atoms. The summed E-state index contributed by atoms with van der Waals surface area (Å²) in [6.45, 7) is 0. The number of phenols is 2. The quantitative estimate of drug-likeness (QED) is 0.262. The van der Waals surface area contributed by atoms with Crippen molar-refractivity contribution in [1.29, 1.82) is 0 Å². The normalized spacial score (nSPS) is 11.7. The molecule has 8 aromatic carbocycles. The molecular weight excluding hydrogens is 685 g/mol. The average Bonchev–Trinajstić information content (AvgIpc) is 3.83. The Balaban J connectivity index is 1.18. The van der Waals surface area contributed by atoms with Crippen LogP contribution in [0.1, 0.15) is 0 Å². The van der Waals surface area contributed by atoms with Gasteiger partial charge in [0.05, 0.1) is 11.1 Å². The zero-order chi connectivity index (χ0) is 38.4. The largest absolute Gasteiger partial charge is 0.509 e. The standard InChI is InChI=1S/C46H34B5NO4/c47-36-33(45-35(41(53)38(36)49)34-37(48)39(50)42(54)40(51)46(34)56-45)26-15-20-28(21-16-26)52(27-18-13-24(14-19-27)23-7-2-1-3-8-23)32-12-6-11-30-31-22-17-25-9-4-5-10-29(25)43(31)55-44(30)32/h1-22,53-54H,47-51H2. The number of benzene rings is 8. The molecule has 2 N–H and O–H groups in total. The van der Waals surface area contributed by atoms with Crippen LogP contribution in [0, 0.1) is 0 Å². The summed E-state index contributed by atoms with van der Waals surface area (Å²) in [4.78, 5) is 2.26. The van der Waals surface area contributed by atoms with Gasteiger partial charge in [0, 0.05) is 38.5 Å². The highest BCUT2D eigenvalue weighted by molar-refractivity contribution is 6.60. The van der Waals surface area contributed by atoms with Crippen LogP contribution in [0.4, 0.5) is 17.1 Å². The molecule has 5 nitrogen and oxygen atoms in total. The molecule has 0 radical (unpaired) electrons. The van der Waals surface area contributed by atoms with E-state index >= 15 is 0 Å². The minimum atomic E-state index is 0.209. The van der Waals surface area contributed by atoms with Crippen molar-refractivity contribution in [1.82, 2.24) is 0 Å². The van der Waals surface area contributed by atoms with Crippen LogP contribution in [0.2, 0.25) is 0 Å². The van der Waals surface area contributed by atoms with Crippen molar-refractivity contribution in [3.05, 3.63) is 133 Å². The number of anilines is 3. The monoisotopic (exact) mass is 719 g/mol. The topological polar surface area (TPSA) is 70.0 Å². The van der Waals surface area contributed by atoms with Crippen LogP contribution in [0.25, 0.3) is 76.9 Å². The second kappa shape index (κ2) is 12.7. The van der Waals surface area contributed by atoms with Gasteiger partial charge in [0.15, 0.2) is 5.58 Å². The number of nitrogens with zero attached hydrogens (tertiary/aromatic N) is 1. The maximum Gasteiger partial charge on any atom is 0.159 e. The number of furan rings is 2. The van der Waals surface area contributed by atoms with Crippen LogP contribution in [0.5, 0.6) is 11.5 Å². The summed E-state index contributed by atoms with van der Waals surface area (Å²) in [6.07, 6.45) is 0. The molecule has 0 amide bonds. The van der Waals surface area contributed by atoms with Gasteiger partial charge in [-0.3, -0.25) is 0 Å². The number of aromatic hydroxyl groups is 2. The molecule has 2 aromatic heterocycles. The molecule has 0 aliphatic carbocycles. The molecule has 2 heterocycles. The fourth-order valence-corrected chi connectivity index (χ4v) is 8.60. The van der Waals surface area contributed by atoms with Crippen LogP contribution in [0.15, 0.2) is 142 Å². The Morgan fingerprint density at radius 1 is 0.393 bits per heavy atom. The molecule has 0 aliphatic rings.